The van der Waals surface area contributed by atoms with Crippen molar-refractivity contribution in [3.8, 4) is 5.75 Å². The summed E-state index contributed by atoms with van der Waals surface area (Å²) in [5.74, 6) is 0.0341. The van der Waals surface area contributed by atoms with Gasteiger partial charge >= 0.3 is 12.4 Å². The number of halogens is 3. The van der Waals surface area contributed by atoms with Crippen molar-refractivity contribution in [3.05, 3.63) is 24.3 Å². The molecule has 156 valence electrons. The number of carbonyl (C=O) groups excluding carboxylic acids is 1. The second kappa shape index (κ2) is 8.16. The highest BCUT2D eigenvalue weighted by molar-refractivity contribution is 7.91. The molecule has 0 unspecified atom stereocenters. The number of rotatable bonds is 4. The number of hydrogen-bond donors (Lipinski definition) is 2. The van der Waals surface area contributed by atoms with Gasteiger partial charge in [-0.3, -0.25) is 0 Å². The average Bonchev–Trinajstić information content (AvgIpc) is 2.94. The van der Waals surface area contributed by atoms with Gasteiger partial charge in [0.2, 0.25) is 0 Å². The number of benzene rings is 1. The van der Waals surface area contributed by atoms with Gasteiger partial charge in [-0.2, -0.15) is 0 Å². The quantitative estimate of drug-likeness (QED) is 0.779. The first-order chi connectivity index (χ1) is 13.1. The van der Waals surface area contributed by atoms with E-state index in [0.29, 0.717) is 38.0 Å². The van der Waals surface area contributed by atoms with Crippen LogP contribution in [0.3, 0.4) is 0 Å². The smallest absolute Gasteiger partial charge is 0.406 e. The molecule has 3 rings (SSSR count). The highest BCUT2D eigenvalue weighted by Gasteiger charge is 2.32. The van der Waals surface area contributed by atoms with Crippen molar-refractivity contribution in [2.45, 2.75) is 37.7 Å². The summed E-state index contributed by atoms with van der Waals surface area (Å²) >= 11 is 0. The van der Waals surface area contributed by atoms with Crippen molar-refractivity contribution in [2.24, 2.45) is 0 Å². The second-order valence-electron chi connectivity index (χ2n) is 7.03. The van der Waals surface area contributed by atoms with Crippen LogP contribution in [0.15, 0.2) is 24.3 Å². The topological polar surface area (TPSA) is 87.7 Å². The van der Waals surface area contributed by atoms with E-state index < -0.39 is 16.2 Å². The summed E-state index contributed by atoms with van der Waals surface area (Å²) in [5.41, 5.74) is 0.371. The van der Waals surface area contributed by atoms with Crippen LogP contribution in [0.5, 0.6) is 5.75 Å². The van der Waals surface area contributed by atoms with E-state index in [1.165, 1.54) is 12.1 Å². The number of nitrogens with one attached hydrogen (secondary N) is 2. The fourth-order valence-electron chi connectivity index (χ4n) is 3.45. The molecule has 28 heavy (non-hydrogen) atoms. The Kier molecular flexibility index (Phi) is 6.04. The molecule has 0 aromatic heterocycles. The first-order valence-electron chi connectivity index (χ1n) is 8.98. The van der Waals surface area contributed by atoms with Crippen LogP contribution in [0.1, 0.15) is 19.3 Å². The fourth-order valence-corrected chi connectivity index (χ4v) is 5.14. The van der Waals surface area contributed by atoms with Crippen LogP contribution in [0.4, 0.5) is 23.7 Å². The van der Waals surface area contributed by atoms with Crippen molar-refractivity contribution in [2.75, 3.05) is 29.9 Å². The molecular formula is C17H22F3N3O4S. The van der Waals surface area contributed by atoms with Gasteiger partial charge in [-0.05, 0) is 43.5 Å². The molecule has 1 aromatic carbocycles. The standard InChI is InChI=1S/C17H22F3N3O4S/c18-17(19,20)27-15-3-1-12(2-4-15)22-16(24)23-8-5-13(6-9-23)21-14-7-10-28(25,26)11-14/h1-4,13-14,21H,5-11H2,(H,22,24)/t14-/m0/s1. The molecule has 0 spiro atoms. The molecule has 11 heteroatoms. The summed E-state index contributed by atoms with van der Waals surface area (Å²) in [6, 6.07) is 4.77. The van der Waals surface area contributed by atoms with Gasteiger partial charge < -0.3 is 20.3 Å². The van der Waals surface area contributed by atoms with Gasteiger partial charge in [0.05, 0.1) is 11.5 Å². The molecule has 2 aliphatic heterocycles. The van der Waals surface area contributed by atoms with Gasteiger partial charge in [0.25, 0.3) is 0 Å². The van der Waals surface area contributed by atoms with Gasteiger partial charge in [-0.25, -0.2) is 13.2 Å². The average molecular weight is 421 g/mol. The number of ether oxygens (including phenoxy) is 1. The molecule has 1 atom stereocenters. The third-order valence-corrected chi connectivity index (χ3v) is 6.59. The Bertz CT molecular complexity index is 791. The summed E-state index contributed by atoms with van der Waals surface area (Å²) in [6.45, 7) is 1.02. The molecule has 0 saturated carbocycles. The lowest BCUT2D eigenvalue weighted by molar-refractivity contribution is -0.274. The van der Waals surface area contributed by atoms with Gasteiger partial charge in [0.15, 0.2) is 9.84 Å². The van der Waals surface area contributed by atoms with E-state index >= 15 is 0 Å². The minimum atomic E-state index is -4.76. The highest BCUT2D eigenvalue weighted by Crippen LogP contribution is 2.24. The van der Waals surface area contributed by atoms with Crippen molar-refractivity contribution in [3.63, 3.8) is 0 Å². The van der Waals surface area contributed by atoms with E-state index in [4.69, 9.17) is 0 Å². The Morgan fingerprint density at radius 1 is 1.07 bits per heavy atom. The van der Waals surface area contributed by atoms with E-state index in [-0.39, 0.29) is 35.4 Å². The van der Waals surface area contributed by atoms with Crippen LogP contribution >= 0.6 is 0 Å². The second-order valence-corrected chi connectivity index (χ2v) is 9.26. The predicted octanol–water partition coefficient (Wildman–Crippen LogP) is 2.36. The Morgan fingerprint density at radius 3 is 2.25 bits per heavy atom. The number of sulfone groups is 1. The first kappa shape index (κ1) is 20.7. The molecule has 1 aromatic rings. The zero-order valence-electron chi connectivity index (χ0n) is 15.0. The summed E-state index contributed by atoms with van der Waals surface area (Å²) in [6.07, 6.45) is -2.71. The van der Waals surface area contributed by atoms with Gasteiger partial charge in [-0.15, -0.1) is 13.2 Å². The molecule has 0 aliphatic carbocycles. The lowest BCUT2D eigenvalue weighted by atomic mass is 10.0. The summed E-state index contributed by atoms with van der Waals surface area (Å²) in [7, 11) is -2.93. The SMILES string of the molecule is O=C(Nc1ccc(OC(F)(F)F)cc1)N1CCC(N[C@H]2CCS(=O)(=O)C2)CC1. The molecule has 0 bridgehead atoms. The number of hydrogen-bond acceptors (Lipinski definition) is 5. The zero-order valence-corrected chi connectivity index (χ0v) is 15.9. The maximum atomic E-state index is 12.3. The Balaban J connectivity index is 1.44. The van der Waals surface area contributed by atoms with Crippen molar-refractivity contribution in [1.29, 1.82) is 0 Å². The van der Waals surface area contributed by atoms with E-state index in [1.807, 2.05) is 0 Å². The van der Waals surface area contributed by atoms with E-state index in [1.54, 1.807) is 4.90 Å². The number of anilines is 1. The molecule has 2 fully saturated rings. The van der Waals surface area contributed by atoms with Crippen LogP contribution in [-0.4, -0.2) is 62.4 Å². The number of amides is 2. The normalized spacial score (nSPS) is 22.8. The summed E-state index contributed by atoms with van der Waals surface area (Å²) in [4.78, 5) is 14.0. The molecule has 0 radical (unpaired) electrons. The number of piperidine rings is 1. The maximum absolute atomic E-state index is 12.3. The van der Waals surface area contributed by atoms with Crippen LogP contribution < -0.4 is 15.4 Å². The predicted molar refractivity (Wildman–Crippen MR) is 96.9 cm³/mol. The Hall–Kier alpha value is -2.01. The number of likely N-dealkylation sites (tertiary alicyclic amines) is 1. The van der Waals surface area contributed by atoms with E-state index in [2.05, 4.69) is 15.4 Å². The zero-order chi connectivity index (χ0) is 20.4. The molecule has 2 aliphatic rings. The van der Waals surface area contributed by atoms with Crippen molar-refractivity contribution in [1.82, 2.24) is 10.2 Å². The first-order valence-corrected chi connectivity index (χ1v) is 10.8. The fraction of sp³-hybridized carbons (Fsp3) is 0.588. The lowest BCUT2D eigenvalue weighted by Gasteiger charge is -2.33. The molecule has 2 N–H and O–H groups in total. The van der Waals surface area contributed by atoms with E-state index in [9.17, 15) is 26.4 Å². The molecule has 2 amide bonds. The highest BCUT2D eigenvalue weighted by atomic mass is 32.2. The molecule has 2 heterocycles. The molecule has 2 saturated heterocycles. The summed E-state index contributed by atoms with van der Waals surface area (Å²) in [5, 5.41) is 6.01. The number of carbonyl (C=O) groups is 1. The summed E-state index contributed by atoms with van der Waals surface area (Å²) < 4.78 is 63.3. The van der Waals surface area contributed by atoms with Gasteiger partial charge in [0, 0.05) is 30.9 Å². The largest absolute Gasteiger partial charge is 0.573 e. The number of nitrogens with zero attached hydrogens (tertiary/aromatic N) is 1. The third kappa shape index (κ3) is 5.99. The Morgan fingerprint density at radius 2 is 1.71 bits per heavy atom. The third-order valence-electron chi connectivity index (χ3n) is 4.83. The van der Waals surface area contributed by atoms with E-state index in [0.717, 1.165) is 12.1 Å². The monoisotopic (exact) mass is 421 g/mol. The Labute approximate surface area is 161 Å². The van der Waals surface area contributed by atoms with Crippen LogP contribution in [-0.2, 0) is 9.84 Å². The molecule has 7 nitrogen and oxygen atoms in total. The van der Waals surface area contributed by atoms with Gasteiger partial charge in [0.1, 0.15) is 5.75 Å². The molecular weight excluding hydrogens is 399 g/mol. The van der Waals surface area contributed by atoms with Crippen molar-refractivity contribution < 1.29 is 31.1 Å². The van der Waals surface area contributed by atoms with Crippen LogP contribution in [0.2, 0.25) is 0 Å². The van der Waals surface area contributed by atoms with Gasteiger partial charge in [-0.1, -0.05) is 0 Å². The maximum Gasteiger partial charge on any atom is 0.573 e. The van der Waals surface area contributed by atoms with Crippen LogP contribution in [0, 0.1) is 0 Å². The van der Waals surface area contributed by atoms with Crippen LogP contribution in [0.25, 0.3) is 0 Å². The number of urea groups is 1. The van der Waals surface area contributed by atoms with Crippen molar-refractivity contribution >= 4 is 21.6 Å². The minimum Gasteiger partial charge on any atom is -0.406 e. The minimum absolute atomic E-state index is 0.0205. The lowest BCUT2D eigenvalue weighted by Crippen LogP contribution is -2.49. The number of alkyl halides is 3.